The van der Waals surface area contributed by atoms with Crippen molar-refractivity contribution in [2.45, 2.75) is 13.8 Å². The minimum absolute atomic E-state index is 0.158. The molecule has 0 fully saturated rings. The van der Waals surface area contributed by atoms with E-state index in [0.29, 0.717) is 0 Å². The third-order valence-corrected chi connectivity index (χ3v) is 1.72. The molecule has 0 aliphatic heterocycles. The van der Waals surface area contributed by atoms with Gasteiger partial charge in [-0.2, -0.15) is 0 Å². The van der Waals surface area contributed by atoms with Crippen molar-refractivity contribution in [3.8, 4) is 0 Å². The Hall–Kier alpha value is -0.730. The number of carbonyl (C=O) groups is 1. The third kappa shape index (κ3) is 2.25. The first-order valence-electron chi connectivity index (χ1n) is 2.70. The topological polar surface area (TPSA) is 65.8 Å². The molecule has 1 amide bonds. The average molecular weight is 162 g/mol. The molecular formula is C5H8ClN3O. The van der Waals surface area contributed by atoms with Crippen LogP contribution >= 0.6 is 11.6 Å². The van der Waals surface area contributed by atoms with E-state index in [1.54, 1.807) is 13.8 Å². The fraction of sp³-hybridized carbons (Fsp3) is 0.800. The Labute approximate surface area is 63.8 Å². The number of hydrogen-bond donors (Lipinski definition) is 0. The van der Waals surface area contributed by atoms with E-state index in [2.05, 4.69) is 10.0 Å². The molecule has 0 heterocycles. The van der Waals surface area contributed by atoms with Crippen LogP contribution < -0.4 is 0 Å². The van der Waals surface area contributed by atoms with E-state index in [4.69, 9.17) is 17.1 Å². The van der Waals surface area contributed by atoms with Crippen molar-refractivity contribution in [3.63, 3.8) is 0 Å². The van der Waals surface area contributed by atoms with Gasteiger partial charge in [0.1, 0.15) is 0 Å². The molecule has 0 aliphatic rings. The molecule has 0 aromatic carbocycles. The zero-order valence-corrected chi connectivity index (χ0v) is 6.59. The highest BCUT2D eigenvalue weighted by Crippen LogP contribution is 2.18. The summed E-state index contributed by atoms with van der Waals surface area (Å²) in [7, 11) is 0. The molecule has 0 spiro atoms. The minimum Gasteiger partial charge on any atom is -0.292 e. The highest BCUT2D eigenvalue weighted by atomic mass is 35.5. The summed E-state index contributed by atoms with van der Waals surface area (Å²) < 4.78 is 0. The SMILES string of the molecule is CC(C)(CCl)C(=O)N=[N+]=[N-]. The highest BCUT2D eigenvalue weighted by molar-refractivity contribution is 6.19. The van der Waals surface area contributed by atoms with Gasteiger partial charge in [-0.25, -0.2) is 0 Å². The standard InChI is InChI=1S/C5H8ClN3O/c1-5(2,3-6)4(10)8-9-7/h3H2,1-2H3. The molecule has 0 rings (SSSR count). The Morgan fingerprint density at radius 1 is 1.80 bits per heavy atom. The van der Waals surface area contributed by atoms with Gasteiger partial charge in [-0.05, 0) is 10.6 Å². The number of azide groups is 1. The fourth-order valence-corrected chi connectivity index (χ4v) is 0.347. The predicted octanol–water partition coefficient (Wildman–Crippen LogP) is 2.09. The average Bonchev–Trinajstić information content (AvgIpc) is 1.89. The van der Waals surface area contributed by atoms with Gasteiger partial charge in [0.15, 0.2) is 0 Å². The second-order valence-corrected chi connectivity index (χ2v) is 2.78. The summed E-state index contributed by atoms with van der Waals surface area (Å²) in [4.78, 5) is 13.2. The first kappa shape index (κ1) is 9.27. The van der Waals surface area contributed by atoms with Gasteiger partial charge in [0.25, 0.3) is 0 Å². The van der Waals surface area contributed by atoms with Crippen LogP contribution in [0.15, 0.2) is 5.11 Å². The fourth-order valence-electron chi connectivity index (χ4n) is 0.233. The van der Waals surface area contributed by atoms with Gasteiger partial charge in [0.05, 0.1) is 0 Å². The summed E-state index contributed by atoms with van der Waals surface area (Å²) in [6.45, 7) is 3.24. The van der Waals surface area contributed by atoms with E-state index in [9.17, 15) is 4.79 Å². The summed E-state index contributed by atoms with van der Waals surface area (Å²) in [5, 5.41) is 2.92. The molecule has 56 valence electrons. The van der Waals surface area contributed by atoms with Crippen LogP contribution in [-0.2, 0) is 4.79 Å². The lowest BCUT2D eigenvalue weighted by Crippen LogP contribution is -2.23. The molecular weight excluding hydrogens is 154 g/mol. The van der Waals surface area contributed by atoms with E-state index in [1.807, 2.05) is 0 Å². The number of amides is 1. The van der Waals surface area contributed by atoms with Gasteiger partial charge < -0.3 is 0 Å². The van der Waals surface area contributed by atoms with Crippen molar-refractivity contribution >= 4 is 17.5 Å². The summed E-state index contributed by atoms with van der Waals surface area (Å²) >= 11 is 5.42. The van der Waals surface area contributed by atoms with Crippen LogP contribution in [0.25, 0.3) is 10.4 Å². The minimum atomic E-state index is -0.742. The molecule has 0 aromatic heterocycles. The van der Waals surface area contributed by atoms with E-state index in [0.717, 1.165) is 0 Å². The van der Waals surface area contributed by atoms with Crippen LogP contribution in [0, 0.1) is 5.41 Å². The molecule has 0 unspecified atom stereocenters. The molecule has 0 bridgehead atoms. The summed E-state index contributed by atoms with van der Waals surface area (Å²) in [6, 6.07) is 0. The molecule has 0 saturated carbocycles. The first-order chi connectivity index (χ1) is 4.54. The molecule has 4 nitrogen and oxygen atoms in total. The molecule has 0 atom stereocenters. The Morgan fingerprint density at radius 3 is 2.60 bits per heavy atom. The first-order valence-corrected chi connectivity index (χ1v) is 3.23. The third-order valence-electron chi connectivity index (χ3n) is 1.05. The number of carbonyl (C=O) groups excluding carboxylic acids is 1. The van der Waals surface area contributed by atoms with E-state index >= 15 is 0 Å². The Balaban J connectivity index is 4.32. The largest absolute Gasteiger partial charge is 0.292 e. The molecule has 0 N–H and O–H groups in total. The lowest BCUT2D eigenvalue weighted by atomic mass is 9.96. The Kier molecular flexibility index (Phi) is 3.19. The zero-order chi connectivity index (χ0) is 8.20. The van der Waals surface area contributed by atoms with Gasteiger partial charge in [0.2, 0.25) is 5.91 Å². The lowest BCUT2D eigenvalue weighted by molar-refractivity contribution is -0.124. The molecule has 10 heavy (non-hydrogen) atoms. The van der Waals surface area contributed by atoms with Crippen LogP contribution in [0.1, 0.15) is 13.8 Å². The van der Waals surface area contributed by atoms with E-state index in [-0.39, 0.29) is 5.88 Å². The van der Waals surface area contributed by atoms with Crippen molar-refractivity contribution in [2.75, 3.05) is 5.88 Å². The molecule has 0 radical (unpaired) electrons. The molecule has 0 aromatic rings. The smallest absolute Gasteiger partial charge is 0.225 e. The van der Waals surface area contributed by atoms with Crippen LogP contribution in [0.4, 0.5) is 0 Å². The number of nitrogens with zero attached hydrogens (tertiary/aromatic N) is 3. The van der Waals surface area contributed by atoms with Crippen LogP contribution in [0.3, 0.4) is 0 Å². The normalized spacial score (nSPS) is 10.3. The maximum atomic E-state index is 10.8. The number of alkyl halides is 1. The Morgan fingerprint density at radius 2 is 2.30 bits per heavy atom. The van der Waals surface area contributed by atoms with Crippen molar-refractivity contribution in [2.24, 2.45) is 10.5 Å². The summed E-state index contributed by atoms with van der Waals surface area (Å²) in [5.74, 6) is -0.366. The second-order valence-electron chi connectivity index (χ2n) is 2.51. The van der Waals surface area contributed by atoms with Gasteiger partial charge >= 0.3 is 0 Å². The number of hydrogen-bond acceptors (Lipinski definition) is 1. The highest BCUT2D eigenvalue weighted by Gasteiger charge is 2.24. The van der Waals surface area contributed by atoms with Gasteiger partial charge in [-0.15, -0.1) is 11.6 Å². The summed E-state index contributed by atoms with van der Waals surface area (Å²) in [5.41, 5.74) is 7.15. The Bertz CT molecular complexity index is 183. The molecule has 0 aliphatic carbocycles. The van der Waals surface area contributed by atoms with Crippen molar-refractivity contribution < 1.29 is 4.79 Å². The van der Waals surface area contributed by atoms with Crippen molar-refractivity contribution in [1.29, 1.82) is 0 Å². The van der Waals surface area contributed by atoms with E-state index in [1.165, 1.54) is 0 Å². The summed E-state index contributed by atoms with van der Waals surface area (Å²) in [6.07, 6.45) is 0. The van der Waals surface area contributed by atoms with Crippen LogP contribution in [0.2, 0.25) is 0 Å². The van der Waals surface area contributed by atoms with Gasteiger partial charge in [-0.3, -0.25) is 4.79 Å². The van der Waals surface area contributed by atoms with Gasteiger partial charge in [-0.1, -0.05) is 13.8 Å². The molecule has 5 heteroatoms. The quantitative estimate of drug-likeness (QED) is 0.265. The number of rotatable bonds is 2. The lowest BCUT2D eigenvalue weighted by Gasteiger charge is -2.14. The van der Waals surface area contributed by atoms with Gasteiger partial charge in [0, 0.05) is 16.2 Å². The maximum Gasteiger partial charge on any atom is 0.225 e. The van der Waals surface area contributed by atoms with Crippen LogP contribution in [-0.4, -0.2) is 11.8 Å². The van der Waals surface area contributed by atoms with Crippen LogP contribution in [0.5, 0.6) is 0 Å². The monoisotopic (exact) mass is 161 g/mol. The maximum absolute atomic E-state index is 10.8. The van der Waals surface area contributed by atoms with Crippen molar-refractivity contribution in [3.05, 3.63) is 10.4 Å². The predicted molar refractivity (Wildman–Crippen MR) is 38.7 cm³/mol. The molecule has 0 saturated heterocycles. The number of halogens is 1. The zero-order valence-electron chi connectivity index (χ0n) is 5.83. The van der Waals surface area contributed by atoms with E-state index < -0.39 is 11.3 Å². The van der Waals surface area contributed by atoms with Crippen molar-refractivity contribution in [1.82, 2.24) is 0 Å². The second kappa shape index (κ2) is 3.44.